The molecular formula is C18H18N2OS. The summed E-state index contributed by atoms with van der Waals surface area (Å²) in [5, 5.41) is 1.01. The monoisotopic (exact) mass is 310 g/mol. The summed E-state index contributed by atoms with van der Waals surface area (Å²) in [6.45, 7) is 0. The molecule has 0 aliphatic carbocycles. The number of aromatic nitrogens is 2. The summed E-state index contributed by atoms with van der Waals surface area (Å²) in [6.07, 6.45) is 2.82. The molecule has 0 fully saturated rings. The van der Waals surface area contributed by atoms with Crippen LogP contribution in [0.4, 0.5) is 0 Å². The summed E-state index contributed by atoms with van der Waals surface area (Å²) in [7, 11) is 3.75. The van der Waals surface area contributed by atoms with Crippen molar-refractivity contribution in [2.75, 3.05) is 7.11 Å². The van der Waals surface area contributed by atoms with Crippen LogP contribution < -0.4 is 4.74 Å². The Bertz CT molecular complexity index is 736. The van der Waals surface area contributed by atoms with Crippen molar-refractivity contribution in [3.8, 4) is 5.75 Å². The number of hydrogen-bond acceptors (Lipinski definition) is 3. The molecule has 0 bridgehead atoms. The zero-order chi connectivity index (χ0) is 15.4. The van der Waals surface area contributed by atoms with Gasteiger partial charge in [0.05, 0.1) is 7.11 Å². The number of imidazole rings is 1. The van der Waals surface area contributed by atoms with Crippen LogP contribution in [0.15, 0.2) is 70.8 Å². The molecule has 0 radical (unpaired) electrons. The van der Waals surface area contributed by atoms with E-state index in [1.54, 1.807) is 18.9 Å². The minimum atomic E-state index is 0.864. The zero-order valence-electron chi connectivity index (χ0n) is 12.7. The van der Waals surface area contributed by atoms with E-state index in [9.17, 15) is 0 Å². The Labute approximate surface area is 135 Å². The maximum absolute atomic E-state index is 5.19. The third kappa shape index (κ3) is 3.34. The second kappa shape index (κ2) is 6.71. The normalized spacial score (nSPS) is 10.6. The smallest absolute Gasteiger partial charge is 0.172 e. The largest absolute Gasteiger partial charge is 0.497 e. The highest BCUT2D eigenvalue weighted by Gasteiger charge is 2.08. The molecule has 22 heavy (non-hydrogen) atoms. The third-order valence-electron chi connectivity index (χ3n) is 3.54. The molecule has 3 aromatic rings. The summed E-state index contributed by atoms with van der Waals surface area (Å²) < 4.78 is 7.35. The highest BCUT2D eigenvalue weighted by molar-refractivity contribution is 7.99. The number of nitrogens with zero attached hydrogens (tertiary/aromatic N) is 2. The van der Waals surface area contributed by atoms with E-state index in [-0.39, 0.29) is 0 Å². The van der Waals surface area contributed by atoms with Crippen LogP contribution in [0, 0.1) is 0 Å². The van der Waals surface area contributed by atoms with Crippen LogP contribution in [0.5, 0.6) is 5.75 Å². The quantitative estimate of drug-likeness (QED) is 0.707. The van der Waals surface area contributed by atoms with Crippen molar-refractivity contribution in [3.05, 3.63) is 72.1 Å². The van der Waals surface area contributed by atoms with Gasteiger partial charge in [0.2, 0.25) is 0 Å². The van der Waals surface area contributed by atoms with Crippen LogP contribution in [0.2, 0.25) is 0 Å². The third-order valence-corrected chi connectivity index (χ3v) is 4.61. The molecule has 0 saturated heterocycles. The summed E-state index contributed by atoms with van der Waals surface area (Å²) in [6, 6.07) is 18.5. The van der Waals surface area contributed by atoms with Gasteiger partial charge in [-0.25, -0.2) is 4.98 Å². The molecule has 2 aromatic carbocycles. The van der Waals surface area contributed by atoms with Crippen LogP contribution in [-0.4, -0.2) is 16.7 Å². The van der Waals surface area contributed by atoms with Crippen LogP contribution >= 0.6 is 11.8 Å². The molecule has 1 heterocycles. The van der Waals surface area contributed by atoms with Crippen molar-refractivity contribution < 1.29 is 4.74 Å². The van der Waals surface area contributed by atoms with Gasteiger partial charge in [0.15, 0.2) is 5.16 Å². The van der Waals surface area contributed by atoms with Gasteiger partial charge in [0.25, 0.3) is 0 Å². The van der Waals surface area contributed by atoms with E-state index < -0.39 is 0 Å². The molecule has 3 nitrogen and oxygen atoms in total. The fourth-order valence-corrected chi connectivity index (χ4v) is 3.09. The number of hydrogen-bond donors (Lipinski definition) is 0. The Hall–Kier alpha value is -2.20. The van der Waals surface area contributed by atoms with Crippen LogP contribution in [0.1, 0.15) is 11.3 Å². The maximum atomic E-state index is 5.19. The first kappa shape index (κ1) is 14.7. The van der Waals surface area contributed by atoms with Gasteiger partial charge in [-0.05, 0) is 29.8 Å². The van der Waals surface area contributed by atoms with Gasteiger partial charge in [0, 0.05) is 30.3 Å². The van der Waals surface area contributed by atoms with Gasteiger partial charge in [0.1, 0.15) is 5.75 Å². The molecule has 112 valence electrons. The van der Waals surface area contributed by atoms with Crippen molar-refractivity contribution in [2.24, 2.45) is 7.05 Å². The van der Waals surface area contributed by atoms with Crippen LogP contribution in [0.25, 0.3) is 0 Å². The van der Waals surface area contributed by atoms with E-state index in [1.807, 2.05) is 36.5 Å². The minimum absolute atomic E-state index is 0.864. The van der Waals surface area contributed by atoms with Crippen LogP contribution in [-0.2, 0) is 13.5 Å². The van der Waals surface area contributed by atoms with E-state index in [1.165, 1.54) is 16.2 Å². The molecule has 0 spiro atoms. The zero-order valence-corrected chi connectivity index (χ0v) is 13.5. The number of ether oxygens (including phenoxy) is 1. The first-order valence-electron chi connectivity index (χ1n) is 7.12. The maximum Gasteiger partial charge on any atom is 0.172 e. The Morgan fingerprint density at radius 2 is 1.77 bits per heavy atom. The molecule has 0 unspecified atom stereocenters. The van der Waals surface area contributed by atoms with Crippen molar-refractivity contribution in [1.82, 2.24) is 9.55 Å². The van der Waals surface area contributed by atoms with Crippen molar-refractivity contribution in [2.45, 2.75) is 16.5 Å². The lowest BCUT2D eigenvalue weighted by Gasteiger charge is -2.07. The topological polar surface area (TPSA) is 27.1 Å². The molecule has 4 heteroatoms. The highest BCUT2D eigenvalue weighted by Crippen LogP contribution is 2.27. The van der Waals surface area contributed by atoms with E-state index in [0.717, 1.165) is 17.3 Å². The molecule has 0 atom stereocenters. The second-order valence-corrected chi connectivity index (χ2v) is 6.07. The average molecular weight is 310 g/mol. The fraction of sp³-hybridized carbons (Fsp3) is 0.167. The molecule has 0 N–H and O–H groups in total. The molecule has 3 rings (SSSR count). The Morgan fingerprint density at radius 1 is 1.05 bits per heavy atom. The molecule has 0 aliphatic heterocycles. The van der Waals surface area contributed by atoms with E-state index in [2.05, 4.69) is 40.9 Å². The van der Waals surface area contributed by atoms with Gasteiger partial charge < -0.3 is 9.30 Å². The Morgan fingerprint density at radius 3 is 2.45 bits per heavy atom. The number of methoxy groups -OCH3 is 1. The van der Waals surface area contributed by atoms with Gasteiger partial charge in [-0.15, -0.1) is 0 Å². The Balaban J connectivity index is 1.75. The Kier molecular flexibility index (Phi) is 4.49. The van der Waals surface area contributed by atoms with Crippen LogP contribution in [0.3, 0.4) is 0 Å². The second-order valence-electron chi connectivity index (χ2n) is 5.03. The molecule has 0 aliphatic rings. The van der Waals surface area contributed by atoms with Crippen molar-refractivity contribution in [1.29, 1.82) is 0 Å². The predicted octanol–water partition coefficient (Wildman–Crippen LogP) is 4.17. The van der Waals surface area contributed by atoms with Crippen molar-refractivity contribution >= 4 is 11.8 Å². The standard InChI is InChI=1S/C18H18N2OS/c1-20-15(12-14-8-10-16(21-2)11-9-14)13-19-18(20)22-17-6-4-3-5-7-17/h3-11,13H,12H2,1-2H3. The van der Waals surface area contributed by atoms with E-state index in [4.69, 9.17) is 4.74 Å². The molecule has 1 aromatic heterocycles. The van der Waals surface area contributed by atoms with Gasteiger partial charge >= 0.3 is 0 Å². The lowest BCUT2D eigenvalue weighted by molar-refractivity contribution is 0.414. The van der Waals surface area contributed by atoms with Gasteiger partial charge in [-0.2, -0.15) is 0 Å². The summed E-state index contributed by atoms with van der Waals surface area (Å²) in [4.78, 5) is 5.74. The van der Waals surface area contributed by atoms with Gasteiger partial charge in [-0.1, -0.05) is 42.1 Å². The number of benzene rings is 2. The molecule has 0 amide bonds. The first-order valence-corrected chi connectivity index (χ1v) is 7.94. The highest BCUT2D eigenvalue weighted by atomic mass is 32.2. The van der Waals surface area contributed by atoms with E-state index in [0.29, 0.717) is 0 Å². The van der Waals surface area contributed by atoms with E-state index >= 15 is 0 Å². The minimum Gasteiger partial charge on any atom is -0.497 e. The lowest BCUT2D eigenvalue weighted by Crippen LogP contribution is -1.99. The fourth-order valence-electron chi connectivity index (χ4n) is 2.23. The summed E-state index contributed by atoms with van der Waals surface area (Å²) in [5.74, 6) is 0.883. The summed E-state index contributed by atoms with van der Waals surface area (Å²) >= 11 is 1.68. The summed E-state index contributed by atoms with van der Waals surface area (Å²) in [5.41, 5.74) is 2.45. The number of rotatable bonds is 5. The average Bonchev–Trinajstić information content (AvgIpc) is 2.90. The predicted molar refractivity (Wildman–Crippen MR) is 89.6 cm³/mol. The van der Waals surface area contributed by atoms with Gasteiger partial charge in [-0.3, -0.25) is 0 Å². The lowest BCUT2D eigenvalue weighted by atomic mass is 10.1. The van der Waals surface area contributed by atoms with Crippen molar-refractivity contribution in [3.63, 3.8) is 0 Å². The molecule has 0 saturated carbocycles. The molecular weight excluding hydrogens is 292 g/mol. The SMILES string of the molecule is COc1ccc(Cc2cnc(Sc3ccccc3)n2C)cc1. The first-order chi connectivity index (χ1) is 10.8.